The molecule has 0 N–H and O–H groups in total. The van der Waals surface area contributed by atoms with Gasteiger partial charge in [-0.3, -0.25) is 8.61 Å². The second-order valence-corrected chi connectivity index (χ2v) is 8.58. The molecule has 0 saturated carbocycles. The van der Waals surface area contributed by atoms with Gasteiger partial charge in [-0.15, -0.1) is 0 Å². The van der Waals surface area contributed by atoms with E-state index in [0.29, 0.717) is 0 Å². The predicted octanol–water partition coefficient (Wildman–Crippen LogP) is 6.67. The van der Waals surface area contributed by atoms with Crippen molar-refractivity contribution in [2.75, 3.05) is 14.1 Å². The van der Waals surface area contributed by atoms with E-state index in [0.717, 1.165) is 39.3 Å². The summed E-state index contributed by atoms with van der Waals surface area (Å²) in [6.07, 6.45) is 5.45. The molecule has 0 fully saturated rings. The molecule has 0 saturated heterocycles. The minimum Gasteiger partial charge on any atom is -0.292 e. The highest BCUT2D eigenvalue weighted by Crippen LogP contribution is 2.25. The lowest BCUT2D eigenvalue weighted by Gasteiger charge is -2.18. The maximum atomic E-state index is 6.05. The summed E-state index contributed by atoms with van der Waals surface area (Å²) in [5, 5.41) is 0.740. The molecule has 0 aromatic heterocycles. The van der Waals surface area contributed by atoms with Crippen LogP contribution in [0.1, 0.15) is 25.0 Å². The average Bonchev–Trinajstić information content (AvgIpc) is 2.65. The summed E-state index contributed by atoms with van der Waals surface area (Å²) < 4.78 is 4.95. The van der Waals surface area contributed by atoms with Gasteiger partial charge >= 0.3 is 0 Å². The van der Waals surface area contributed by atoms with E-state index in [2.05, 4.69) is 45.8 Å². The summed E-state index contributed by atoms with van der Waals surface area (Å²) in [5.74, 6) is 0. The molecule has 4 nitrogen and oxygen atoms in total. The minimum atomic E-state index is 0.740. The van der Waals surface area contributed by atoms with Crippen molar-refractivity contribution in [2.45, 2.75) is 26.7 Å². The maximum Gasteiger partial charge on any atom is 0.102 e. The number of hydrogen-bond acceptors (Lipinski definition) is 3. The molecule has 0 amide bonds. The lowest BCUT2D eigenvalue weighted by Crippen LogP contribution is -2.16. The van der Waals surface area contributed by atoms with Gasteiger partial charge in [0.2, 0.25) is 0 Å². The standard InChI is InChI=1S/C20H24BrClN4S/c1-5-15-11-17(21)7-9-19(15)23-13-25(3)27-26(4)14-24-20-10-8-18(22)12-16(20)6-2/h7-14H,5-6H2,1-4H3/b23-13+,24-14+. The number of halogens is 2. The van der Waals surface area contributed by atoms with Crippen LogP contribution in [0.3, 0.4) is 0 Å². The smallest absolute Gasteiger partial charge is 0.102 e. The molecule has 0 aliphatic carbocycles. The number of nitrogens with zero attached hydrogens (tertiary/aromatic N) is 4. The van der Waals surface area contributed by atoms with Crippen molar-refractivity contribution >= 4 is 63.7 Å². The van der Waals surface area contributed by atoms with Crippen molar-refractivity contribution in [3.8, 4) is 0 Å². The molecule has 0 spiro atoms. The Labute approximate surface area is 179 Å². The molecule has 0 radical (unpaired) electrons. The fraction of sp³-hybridized carbons (Fsp3) is 0.300. The molecular weight excluding hydrogens is 444 g/mol. The SMILES string of the molecule is CCc1cc(Cl)ccc1/N=C/N(C)SN(C)/C=N/c1ccc(Br)cc1CC. The Morgan fingerprint density at radius 3 is 2.00 bits per heavy atom. The summed E-state index contributed by atoms with van der Waals surface area (Å²) in [6.45, 7) is 4.23. The van der Waals surface area contributed by atoms with E-state index in [1.54, 1.807) is 6.34 Å². The van der Waals surface area contributed by atoms with Crippen LogP contribution in [0, 0.1) is 0 Å². The average molecular weight is 468 g/mol. The van der Waals surface area contributed by atoms with Gasteiger partial charge in [0.05, 0.1) is 23.5 Å². The van der Waals surface area contributed by atoms with Gasteiger partial charge in [0.25, 0.3) is 0 Å². The molecule has 2 aromatic carbocycles. The van der Waals surface area contributed by atoms with Crippen LogP contribution in [0.5, 0.6) is 0 Å². The summed E-state index contributed by atoms with van der Waals surface area (Å²) in [4.78, 5) is 9.17. The molecule has 0 aliphatic heterocycles. The van der Waals surface area contributed by atoms with Crippen molar-refractivity contribution in [1.82, 2.24) is 8.61 Å². The highest BCUT2D eigenvalue weighted by Gasteiger charge is 2.03. The molecule has 0 heterocycles. The largest absolute Gasteiger partial charge is 0.292 e. The van der Waals surface area contributed by atoms with Crippen LogP contribution in [0.2, 0.25) is 5.02 Å². The van der Waals surface area contributed by atoms with E-state index in [-0.39, 0.29) is 0 Å². The van der Waals surface area contributed by atoms with Crippen LogP contribution >= 0.6 is 39.7 Å². The topological polar surface area (TPSA) is 31.2 Å². The van der Waals surface area contributed by atoms with Gasteiger partial charge in [0.1, 0.15) is 12.7 Å². The Morgan fingerprint density at radius 2 is 1.44 bits per heavy atom. The molecule has 144 valence electrons. The fourth-order valence-corrected chi connectivity index (χ4v) is 3.65. The second kappa shape index (κ2) is 10.7. The lowest BCUT2D eigenvalue weighted by atomic mass is 10.1. The summed E-state index contributed by atoms with van der Waals surface area (Å²) in [7, 11) is 3.92. The quantitative estimate of drug-likeness (QED) is 0.247. The van der Waals surface area contributed by atoms with Crippen molar-refractivity contribution in [2.24, 2.45) is 9.98 Å². The monoisotopic (exact) mass is 466 g/mol. The van der Waals surface area contributed by atoms with E-state index >= 15 is 0 Å². The van der Waals surface area contributed by atoms with Gasteiger partial charge < -0.3 is 0 Å². The molecule has 0 aliphatic rings. The van der Waals surface area contributed by atoms with Crippen LogP contribution in [0.4, 0.5) is 11.4 Å². The third-order valence-corrected chi connectivity index (χ3v) is 5.25. The van der Waals surface area contributed by atoms with Crippen LogP contribution in [0.15, 0.2) is 50.9 Å². The van der Waals surface area contributed by atoms with E-state index in [4.69, 9.17) is 11.6 Å². The third kappa shape index (κ3) is 6.87. The first-order valence-corrected chi connectivity index (χ1v) is 10.6. The van der Waals surface area contributed by atoms with Crippen LogP contribution in [0.25, 0.3) is 0 Å². The summed E-state index contributed by atoms with van der Waals surface area (Å²) in [6, 6.07) is 11.9. The van der Waals surface area contributed by atoms with Gasteiger partial charge in [0, 0.05) is 23.6 Å². The van der Waals surface area contributed by atoms with E-state index in [1.807, 2.05) is 59.4 Å². The van der Waals surface area contributed by atoms with Gasteiger partial charge in [-0.05, 0) is 60.4 Å². The van der Waals surface area contributed by atoms with Crippen molar-refractivity contribution in [1.29, 1.82) is 0 Å². The molecule has 0 unspecified atom stereocenters. The highest BCUT2D eigenvalue weighted by molar-refractivity contribution is 9.10. The fourth-order valence-electron chi connectivity index (χ4n) is 2.46. The third-order valence-electron chi connectivity index (χ3n) is 3.82. The first kappa shape index (κ1) is 21.8. The highest BCUT2D eigenvalue weighted by atomic mass is 79.9. The number of aryl methyl sites for hydroxylation is 2. The van der Waals surface area contributed by atoms with Gasteiger partial charge in [0.15, 0.2) is 0 Å². The Morgan fingerprint density at radius 1 is 0.926 bits per heavy atom. The zero-order valence-electron chi connectivity index (χ0n) is 16.0. The summed E-state index contributed by atoms with van der Waals surface area (Å²) in [5.41, 5.74) is 4.27. The Kier molecular flexibility index (Phi) is 8.67. The summed E-state index contributed by atoms with van der Waals surface area (Å²) >= 11 is 11.1. The predicted molar refractivity (Wildman–Crippen MR) is 124 cm³/mol. The van der Waals surface area contributed by atoms with E-state index in [1.165, 1.54) is 17.7 Å². The first-order valence-electron chi connectivity index (χ1n) is 8.71. The molecular formula is C20H24BrClN4S. The van der Waals surface area contributed by atoms with E-state index in [9.17, 15) is 0 Å². The van der Waals surface area contributed by atoms with Gasteiger partial charge in [-0.1, -0.05) is 41.4 Å². The van der Waals surface area contributed by atoms with Crippen molar-refractivity contribution < 1.29 is 0 Å². The molecule has 27 heavy (non-hydrogen) atoms. The molecule has 7 heteroatoms. The Bertz CT molecular complexity index is 758. The first-order chi connectivity index (χ1) is 12.9. The molecule has 2 rings (SSSR count). The number of benzene rings is 2. The lowest BCUT2D eigenvalue weighted by molar-refractivity contribution is 0.779. The van der Waals surface area contributed by atoms with Crippen LogP contribution in [-0.2, 0) is 12.8 Å². The van der Waals surface area contributed by atoms with Gasteiger partial charge in [-0.2, -0.15) is 0 Å². The van der Waals surface area contributed by atoms with E-state index < -0.39 is 0 Å². The maximum absolute atomic E-state index is 6.05. The molecule has 2 aromatic rings. The molecule has 0 atom stereocenters. The van der Waals surface area contributed by atoms with Gasteiger partial charge in [-0.25, -0.2) is 9.98 Å². The minimum absolute atomic E-state index is 0.740. The molecule has 0 bridgehead atoms. The van der Waals surface area contributed by atoms with Crippen molar-refractivity contribution in [3.63, 3.8) is 0 Å². The number of aliphatic imine (C=N–C) groups is 2. The van der Waals surface area contributed by atoms with Crippen LogP contribution in [-0.4, -0.2) is 35.4 Å². The Hall–Kier alpha value is -1.50. The number of hydrogen-bond donors (Lipinski definition) is 0. The Balaban J connectivity index is 1.98. The normalized spacial score (nSPS) is 11.5. The van der Waals surface area contributed by atoms with Crippen LogP contribution < -0.4 is 0 Å². The second-order valence-electron chi connectivity index (χ2n) is 5.92. The zero-order valence-corrected chi connectivity index (χ0v) is 19.1. The van der Waals surface area contributed by atoms with Crippen molar-refractivity contribution in [3.05, 3.63) is 57.0 Å². The zero-order chi connectivity index (χ0) is 19.8. The number of rotatable bonds is 8.